The Morgan fingerprint density at radius 1 is 1.22 bits per heavy atom. The SMILES string of the molecule is CN1CCN(c2c(F)cc(N3CC(CN)OC3=O)cc2F)CC1. The molecule has 2 heterocycles. The van der Waals surface area contributed by atoms with Crippen molar-refractivity contribution in [2.24, 2.45) is 5.73 Å². The van der Waals surface area contributed by atoms with Crippen molar-refractivity contribution >= 4 is 17.5 Å². The number of nitrogens with two attached hydrogens (primary N) is 1. The normalized spacial score (nSPS) is 22.6. The molecule has 1 unspecified atom stereocenters. The number of rotatable bonds is 3. The zero-order chi connectivity index (χ0) is 16.6. The van der Waals surface area contributed by atoms with E-state index in [1.54, 1.807) is 4.90 Å². The summed E-state index contributed by atoms with van der Waals surface area (Å²) in [5.41, 5.74) is 5.58. The van der Waals surface area contributed by atoms with E-state index in [4.69, 9.17) is 10.5 Å². The minimum atomic E-state index is -0.673. The van der Waals surface area contributed by atoms with Gasteiger partial charge >= 0.3 is 6.09 Å². The number of ether oxygens (including phenoxy) is 1. The van der Waals surface area contributed by atoms with Gasteiger partial charge in [0.05, 0.1) is 12.2 Å². The van der Waals surface area contributed by atoms with Crippen molar-refractivity contribution in [3.63, 3.8) is 0 Å². The standard InChI is InChI=1S/C15H20F2N4O2/c1-19-2-4-20(5-3-19)14-12(16)6-10(7-13(14)17)21-9-11(8-18)23-15(21)22/h6-7,11H,2-5,8-9,18H2,1H3. The highest BCUT2D eigenvalue weighted by Crippen LogP contribution is 2.31. The number of cyclic esters (lactones) is 1. The summed E-state index contributed by atoms with van der Waals surface area (Å²) in [7, 11) is 1.97. The molecule has 0 bridgehead atoms. The average molecular weight is 326 g/mol. The molecule has 2 saturated heterocycles. The van der Waals surface area contributed by atoms with Gasteiger partial charge in [-0.15, -0.1) is 0 Å². The molecule has 6 nitrogen and oxygen atoms in total. The van der Waals surface area contributed by atoms with E-state index < -0.39 is 23.8 Å². The highest BCUT2D eigenvalue weighted by molar-refractivity contribution is 5.90. The molecular weight excluding hydrogens is 306 g/mol. The van der Waals surface area contributed by atoms with Gasteiger partial charge in [0, 0.05) is 44.9 Å². The Kier molecular flexibility index (Phi) is 4.36. The molecule has 1 amide bonds. The third-order valence-electron chi connectivity index (χ3n) is 4.27. The van der Waals surface area contributed by atoms with E-state index >= 15 is 0 Å². The summed E-state index contributed by atoms with van der Waals surface area (Å²) in [4.78, 5) is 16.8. The van der Waals surface area contributed by atoms with Crippen LogP contribution >= 0.6 is 0 Å². The van der Waals surface area contributed by atoms with Gasteiger partial charge < -0.3 is 20.3 Å². The summed E-state index contributed by atoms with van der Waals surface area (Å²) in [5.74, 6) is -1.35. The Bertz CT molecular complexity index is 582. The summed E-state index contributed by atoms with van der Waals surface area (Å²) < 4.78 is 33.9. The van der Waals surface area contributed by atoms with Crippen LogP contribution in [0.3, 0.4) is 0 Å². The Labute approximate surface area is 133 Å². The molecule has 3 rings (SSSR count). The lowest BCUT2D eigenvalue weighted by atomic mass is 10.2. The van der Waals surface area contributed by atoms with E-state index in [0.717, 1.165) is 13.1 Å². The second-order valence-electron chi connectivity index (χ2n) is 5.90. The summed E-state index contributed by atoms with van der Waals surface area (Å²) in [6.45, 7) is 2.98. The lowest BCUT2D eigenvalue weighted by molar-refractivity contribution is 0.145. The maximum atomic E-state index is 14.5. The zero-order valence-electron chi connectivity index (χ0n) is 13.0. The smallest absolute Gasteiger partial charge is 0.414 e. The van der Waals surface area contributed by atoms with Gasteiger partial charge in [0.15, 0.2) is 11.6 Å². The molecule has 2 aliphatic rings. The maximum Gasteiger partial charge on any atom is 0.414 e. The van der Waals surface area contributed by atoms with E-state index in [1.807, 2.05) is 7.05 Å². The summed E-state index contributed by atoms with van der Waals surface area (Å²) >= 11 is 0. The molecule has 0 radical (unpaired) electrons. The van der Waals surface area contributed by atoms with Crippen LogP contribution in [-0.4, -0.2) is 63.4 Å². The van der Waals surface area contributed by atoms with Crippen LogP contribution in [0.1, 0.15) is 0 Å². The van der Waals surface area contributed by atoms with Gasteiger partial charge in [-0.05, 0) is 7.05 Å². The van der Waals surface area contributed by atoms with E-state index in [1.165, 1.54) is 17.0 Å². The Hall–Kier alpha value is -1.93. The third-order valence-corrected chi connectivity index (χ3v) is 4.27. The molecule has 0 aliphatic carbocycles. The molecule has 1 atom stereocenters. The van der Waals surface area contributed by atoms with Gasteiger partial charge in [0.25, 0.3) is 0 Å². The number of benzene rings is 1. The molecule has 2 aliphatic heterocycles. The molecular formula is C15H20F2N4O2. The number of nitrogens with zero attached hydrogens (tertiary/aromatic N) is 3. The molecule has 2 N–H and O–H groups in total. The van der Waals surface area contributed by atoms with Crippen LogP contribution in [-0.2, 0) is 4.74 Å². The number of hydrogen-bond donors (Lipinski definition) is 1. The van der Waals surface area contributed by atoms with Crippen LogP contribution in [0, 0.1) is 11.6 Å². The van der Waals surface area contributed by atoms with Crippen molar-refractivity contribution in [2.75, 3.05) is 56.1 Å². The largest absolute Gasteiger partial charge is 0.443 e. The number of amides is 1. The molecule has 0 saturated carbocycles. The molecule has 2 fully saturated rings. The van der Waals surface area contributed by atoms with Crippen molar-refractivity contribution in [1.82, 2.24) is 4.90 Å². The Morgan fingerprint density at radius 2 is 1.83 bits per heavy atom. The van der Waals surface area contributed by atoms with Gasteiger partial charge in [0.2, 0.25) is 0 Å². The highest BCUT2D eigenvalue weighted by Gasteiger charge is 2.33. The molecule has 1 aromatic carbocycles. The number of carbonyl (C=O) groups excluding carboxylic acids is 1. The van der Waals surface area contributed by atoms with Crippen LogP contribution in [0.15, 0.2) is 12.1 Å². The third kappa shape index (κ3) is 3.09. The fourth-order valence-corrected chi connectivity index (χ4v) is 2.90. The minimum absolute atomic E-state index is 0.0372. The lowest BCUT2D eigenvalue weighted by Gasteiger charge is -2.34. The number of likely N-dealkylation sites (N-methyl/N-ethyl adjacent to an activating group) is 1. The average Bonchev–Trinajstić information content (AvgIpc) is 2.89. The van der Waals surface area contributed by atoms with Crippen LogP contribution in [0.2, 0.25) is 0 Å². The predicted octanol–water partition coefficient (Wildman–Crippen LogP) is 1.00. The first-order valence-corrected chi connectivity index (χ1v) is 7.60. The first-order chi connectivity index (χ1) is 11.0. The molecule has 0 aromatic heterocycles. The molecule has 8 heteroatoms. The second-order valence-corrected chi connectivity index (χ2v) is 5.90. The van der Waals surface area contributed by atoms with Gasteiger partial charge in [-0.1, -0.05) is 0 Å². The fraction of sp³-hybridized carbons (Fsp3) is 0.533. The minimum Gasteiger partial charge on any atom is -0.443 e. The van der Waals surface area contributed by atoms with Gasteiger partial charge in [-0.25, -0.2) is 13.6 Å². The topological polar surface area (TPSA) is 62.0 Å². The number of piperazine rings is 1. The van der Waals surface area contributed by atoms with E-state index in [9.17, 15) is 13.6 Å². The van der Waals surface area contributed by atoms with Crippen molar-refractivity contribution in [2.45, 2.75) is 6.10 Å². The van der Waals surface area contributed by atoms with Gasteiger partial charge in [0.1, 0.15) is 11.8 Å². The molecule has 23 heavy (non-hydrogen) atoms. The number of hydrogen-bond acceptors (Lipinski definition) is 5. The maximum absolute atomic E-state index is 14.5. The van der Waals surface area contributed by atoms with Crippen LogP contribution in [0.4, 0.5) is 25.0 Å². The highest BCUT2D eigenvalue weighted by atomic mass is 19.1. The van der Waals surface area contributed by atoms with Crippen LogP contribution in [0.5, 0.6) is 0 Å². The zero-order valence-corrected chi connectivity index (χ0v) is 13.0. The van der Waals surface area contributed by atoms with E-state index in [0.29, 0.717) is 13.1 Å². The second kappa shape index (κ2) is 6.29. The number of anilines is 2. The van der Waals surface area contributed by atoms with E-state index in [-0.39, 0.29) is 24.5 Å². The fourth-order valence-electron chi connectivity index (χ4n) is 2.90. The number of carbonyl (C=O) groups is 1. The van der Waals surface area contributed by atoms with Crippen molar-refractivity contribution in [1.29, 1.82) is 0 Å². The predicted molar refractivity (Wildman–Crippen MR) is 82.7 cm³/mol. The van der Waals surface area contributed by atoms with E-state index in [2.05, 4.69) is 4.90 Å². The van der Waals surface area contributed by atoms with Crippen molar-refractivity contribution in [3.8, 4) is 0 Å². The summed E-state index contributed by atoms with van der Waals surface area (Å²) in [6.07, 6.45) is -1.09. The van der Waals surface area contributed by atoms with Crippen LogP contribution in [0.25, 0.3) is 0 Å². The number of halogens is 2. The lowest BCUT2D eigenvalue weighted by Crippen LogP contribution is -2.45. The van der Waals surface area contributed by atoms with Crippen LogP contribution < -0.4 is 15.5 Å². The molecule has 0 spiro atoms. The van der Waals surface area contributed by atoms with Gasteiger partial charge in [-0.2, -0.15) is 0 Å². The summed E-state index contributed by atoms with van der Waals surface area (Å²) in [5, 5.41) is 0. The Balaban J connectivity index is 1.84. The molecule has 126 valence electrons. The van der Waals surface area contributed by atoms with Gasteiger partial charge in [-0.3, -0.25) is 4.90 Å². The van der Waals surface area contributed by atoms with Crippen molar-refractivity contribution in [3.05, 3.63) is 23.8 Å². The Morgan fingerprint density at radius 3 is 2.35 bits per heavy atom. The summed E-state index contributed by atoms with van der Waals surface area (Å²) in [6, 6.07) is 2.35. The van der Waals surface area contributed by atoms with Crippen molar-refractivity contribution < 1.29 is 18.3 Å². The molecule has 1 aromatic rings. The first kappa shape index (κ1) is 15.9. The first-order valence-electron chi connectivity index (χ1n) is 7.60. The quantitative estimate of drug-likeness (QED) is 0.898. The monoisotopic (exact) mass is 326 g/mol.